The fraction of sp³-hybridized carbons (Fsp3) is 0. The zero-order valence-corrected chi connectivity index (χ0v) is 7.20. The third-order valence-corrected chi connectivity index (χ3v) is 0. The molecule has 0 aromatic rings. The van der Waals surface area contributed by atoms with Crippen LogP contribution in [0, 0.1) is 0 Å². The van der Waals surface area contributed by atoms with Gasteiger partial charge in [0.1, 0.15) is 0 Å². The van der Waals surface area contributed by atoms with Crippen LogP contribution in [0.3, 0.4) is 0 Å². The van der Waals surface area contributed by atoms with Gasteiger partial charge in [-0.25, -0.2) is 0 Å². The second-order valence-corrected chi connectivity index (χ2v) is 0. The van der Waals surface area contributed by atoms with Gasteiger partial charge in [0.2, 0.25) is 0 Å². The summed E-state index contributed by atoms with van der Waals surface area (Å²) in [7, 11) is 1.72. The summed E-state index contributed by atoms with van der Waals surface area (Å²) in [6.07, 6.45) is 0. The van der Waals surface area contributed by atoms with E-state index >= 15 is 0 Å². The predicted octanol–water partition coefficient (Wildman–Crippen LogP) is -0.883. The van der Waals surface area contributed by atoms with E-state index in [9.17, 15) is 0 Å². The standard InChI is InChI=1S/Ca.OSi.Sc/c;1-2;. The van der Waals surface area contributed by atoms with Crippen molar-refractivity contribution in [2.45, 2.75) is 0 Å². The number of hydrogen-bond acceptors (Lipinski definition) is 1. The molecule has 1 nitrogen and oxygen atoms in total. The Bertz CT molecular complexity index is 8.00. The van der Waals surface area contributed by atoms with Gasteiger partial charge < -0.3 is 4.46 Å². The molecule has 0 heterocycles. The van der Waals surface area contributed by atoms with E-state index in [-0.39, 0.29) is 63.6 Å². The van der Waals surface area contributed by atoms with E-state index in [1.807, 2.05) is 0 Å². The molecule has 0 saturated carbocycles. The van der Waals surface area contributed by atoms with Crippen LogP contribution in [0.5, 0.6) is 0 Å². The second-order valence-electron chi connectivity index (χ2n) is 0. The van der Waals surface area contributed by atoms with Gasteiger partial charge in [-0.05, 0) is 0 Å². The second kappa shape index (κ2) is 19.2. The Kier molecular flexibility index (Phi) is 78.9. The normalized spacial score (nSPS) is 1.00. The van der Waals surface area contributed by atoms with Crippen LogP contribution in [-0.4, -0.2) is 47.9 Å². The SMILES string of the molecule is O=[Si].[Ca].[Sc]. The smallest absolute Gasteiger partial charge is 0.381 e. The van der Waals surface area contributed by atoms with Crippen molar-refractivity contribution in [1.29, 1.82) is 0 Å². The largest absolute Gasteiger partial charge is 0.381 e. The Morgan fingerprint density at radius 2 is 1.25 bits per heavy atom. The average molecular weight is 129 g/mol. The van der Waals surface area contributed by atoms with Crippen molar-refractivity contribution in [2.75, 3.05) is 0 Å². The first kappa shape index (κ1) is 16.4. The molecule has 0 spiro atoms. The molecule has 0 atom stereocenters. The Morgan fingerprint density at radius 1 is 1.25 bits per heavy atom. The molecule has 4 heteroatoms. The molecule has 0 unspecified atom stereocenters. The van der Waals surface area contributed by atoms with Gasteiger partial charge in [-0.15, -0.1) is 0 Å². The third kappa shape index (κ3) is 8.91. The zero-order valence-electron chi connectivity index (χ0n) is 2.19. The number of hydrogen-bond donors (Lipinski definition) is 0. The van der Waals surface area contributed by atoms with E-state index in [2.05, 4.69) is 0 Å². The molecule has 0 saturated heterocycles. The van der Waals surface area contributed by atoms with Crippen molar-refractivity contribution in [3.05, 3.63) is 0 Å². The molecule has 15 valence electrons. The van der Waals surface area contributed by atoms with Crippen molar-refractivity contribution < 1.29 is 30.3 Å². The summed E-state index contributed by atoms with van der Waals surface area (Å²) in [6.45, 7) is 0. The molecule has 0 fully saturated rings. The fourth-order valence-electron chi connectivity index (χ4n) is 0. The van der Waals surface area contributed by atoms with Gasteiger partial charge in [0.15, 0.2) is 0 Å². The van der Waals surface area contributed by atoms with Gasteiger partial charge in [-0.3, -0.25) is 0 Å². The van der Waals surface area contributed by atoms with Crippen molar-refractivity contribution in [1.82, 2.24) is 0 Å². The summed E-state index contributed by atoms with van der Waals surface area (Å²) < 4.78 is 8.06. The Morgan fingerprint density at radius 3 is 1.25 bits per heavy atom. The van der Waals surface area contributed by atoms with Crippen molar-refractivity contribution in [3.8, 4) is 0 Å². The Hall–Kier alpha value is 2.15. The van der Waals surface area contributed by atoms with Crippen LogP contribution in [0.2, 0.25) is 0 Å². The molecular formula is CaOScSi. The van der Waals surface area contributed by atoms with Crippen LogP contribution >= 0.6 is 0 Å². The Labute approximate surface area is 76.8 Å². The van der Waals surface area contributed by atoms with Crippen LogP contribution in [-0.2, 0) is 30.3 Å². The van der Waals surface area contributed by atoms with Crippen LogP contribution in [0.1, 0.15) is 0 Å². The van der Waals surface area contributed by atoms with Gasteiger partial charge in [-0.2, -0.15) is 0 Å². The molecule has 5 radical (unpaired) electrons. The van der Waals surface area contributed by atoms with Crippen LogP contribution in [0.4, 0.5) is 0 Å². The molecular weight excluding hydrogens is 129 g/mol. The van der Waals surface area contributed by atoms with Gasteiger partial charge in [-0.1, -0.05) is 0 Å². The summed E-state index contributed by atoms with van der Waals surface area (Å²) in [5.41, 5.74) is 0. The summed E-state index contributed by atoms with van der Waals surface area (Å²) in [5, 5.41) is 0. The molecule has 0 rings (SSSR count). The first-order valence-corrected chi connectivity index (χ1v) is 0.612. The maximum absolute atomic E-state index is 8.06. The summed E-state index contributed by atoms with van der Waals surface area (Å²) in [6, 6.07) is 0. The van der Waals surface area contributed by atoms with E-state index in [1.165, 1.54) is 0 Å². The van der Waals surface area contributed by atoms with E-state index in [1.54, 1.807) is 10.1 Å². The molecule has 0 aliphatic carbocycles. The molecule has 0 aliphatic heterocycles. The third-order valence-electron chi connectivity index (χ3n) is 0. The number of rotatable bonds is 0. The zero-order chi connectivity index (χ0) is 2.00. The van der Waals surface area contributed by atoms with Crippen LogP contribution < -0.4 is 0 Å². The molecule has 0 aliphatic rings. The predicted molar refractivity (Wildman–Crippen MR) is 12.2 cm³/mol. The monoisotopic (exact) mass is 129 g/mol. The minimum absolute atomic E-state index is 0. The van der Waals surface area contributed by atoms with Gasteiger partial charge in [0.05, 0.1) is 0 Å². The van der Waals surface area contributed by atoms with Crippen molar-refractivity contribution in [2.24, 2.45) is 0 Å². The quantitative estimate of drug-likeness (QED) is 0.388. The minimum Gasteiger partial charge on any atom is -0.381 e. The molecule has 0 N–H and O–H groups in total. The fourth-order valence-corrected chi connectivity index (χ4v) is 0. The van der Waals surface area contributed by atoms with Crippen molar-refractivity contribution >= 4 is 47.9 Å². The average Bonchev–Trinajstić information content (AvgIpc) is 1.00. The van der Waals surface area contributed by atoms with Gasteiger partial charge in [0, 0.05) is 63.6 Å². The van der Waals surface area contributed by atoms with E-state index in [0.29, 0.717) is 0 Å². The maximum Gasteiger partial charge on any atom is 0.381 e. The van der Waals surface area contributed by atoms with Crippen molar-refractivity contribution in [3.63, 3.8) is 0 Å². The molecule has 0 amide bonds. The maximum atomic E-state index is 8.06. The van der Waals surface area contributed by atoms with E-state index < -0.39 is 0 Å². The van der Waals surface area contributed by atoms with E-state index in [4.69, 9.17) is 4.46 Å². The topological polar surface area (TPSA) is 17.1 Å². The molecule has 0 aromatic carbocycles. The van der Waals surface area contributed by atoms with Crippen LogP contribution in [0.15, 0.2) is 0 Å². The molecule has 0 bridgehead atoms. The first-order chi connectivity index (χ1) is 1.00. The molecule has 0 aromatic heterocycles. The molecule has 4 heavy (non-hydrogen) atoms. The summed E-state index contributed by atoms with van der Waals surface area (Å²) in [4.78, 5) is 0. The minimum atomic E-state index is 0. The van der Waals surface area contributed by atoms with Gasteiger partial charge in [0.25, 0.3) is 0 Å². The van der Waals surface area contributed by atoms with Gasteiger partial charge >= 0.3 is 10.1 Å². The van der Waals surface area contributed by atoms with Crippen LogP contribution in [0.25, 0.3) is 0 Å². The summed E-state index contributed by atoms with van der Waals surface area (Å²) in [5.74, 6) is 0. The summed E-state index contributed by atoms with van der Waals surface area (Å²) >= 11 is 0. The first-order valence-electron chi connectivity index (χ1n) is 0.204. The Balaban J connectivity index is -0.00000000500. The van der Waals surface area contributed by atoms with E-state index in [0.717, 1.165) is 0 Å².